The molecule has 8 rings (SSSR count). The smallest absolute Gasteiger partial charge is 0.138 e. The van der Waals surface area contributed by atoms with Crippen molar-refractivity contribution >= 4 is 43.4 Å². The van der Waals surface area contributed by atoms with E-state index in [0.717, 1.165) is 50.9 Å². The van der Waals surface area contributed by atoms with E-state index in [0.29, 0.717) is 0 Å². The Morgan fingerprint density at radius 3 is 2.27 bits per heavy atom. The van der Waals surface area contributed by atoms with Gasteiger partial charge in [0, 0.05) is 37.9 Å². The van der Waals surface area contributed by atoms with Crippen LogP contribution in [0.25, 0.3) is 65.7 Å². The molecule has 0 aliphatic carbocycles. The summed E-state index contributed by atoms with van der Waals surface area (Å²) in [5, 5.41) is 5.59. The minimum Gasteiger partial charge on any atom is -0.499 e. The molecule has 4 heterocycles. The number of hydrogen-bond donors (Lipinski definition) is 0. The average Bonchev–Trinajstić information content (AvgIpc) is 3.71. The van der Waals surface area contributed by atoms with E-state index in [-0.39, 0.29) is 25.5 Å². The van der Waals surface area contributed by atoms with Gasteiger partial charge < -0.3 is 14.4 Å². The second-order valence-corrected chi connectivity index (χ2v) is 14.1. The van der Waals surface area contributed by atoms with Gasteiger partial charge >= 0.3 is 0 Å². The molecule has 5 heteroatoms. The van der Waals surface area contributed by atoms with Gasteiger partial charge in [-0.05, 0) is 87.8 Å². The summed E-state index contributed by atoms with van der Waals surface area (Å²) in [7, 11) is 0. The van der Waals surface area contributed by atoms with Gasteiger partial charge in [-0.25, -0.2) is 0 Å². The molecule has 0 N–H and O–H groups in total. The third-order valence-corrected chi connectivity index (χ3v) is 9.31. The number of thiophene rings is 1. The second kappa shape index (κ2) is 14.0. The van der Waals surface area contributed by atoms with Crippen molar-refractivity contribution in [2.75, 3.05) is 0 Å². The summed E-state index contributed by atoms with van der Waals surface area (Å²) < 4.78 is 7.74. The number of nitrogens with zero attached hydrogens (tertiary/aromatic N) is 2. The zero-order valence-corrected chi connectivity index (χ0v) is 30.9. The van der Waals surface area contributed by atoms with Crippen molar-refractivity contribution in [3.05, 3.63) is 144 Å². The number of hydrogen-bond acceptors (Lipinski definition) is 4. The van der Waals surface area contributed by atoms with Crippen molar-refractivity contribution in [1.82, 2.24) is 9.97 Å². The topological polar surface area (TPSA) is 38.9 Å². The van der Waals surface area contributed by atoms with Gasteiger partial charge in [0.25, 0.3) is 0 Å². The maximum atomic E-state index is 6.55. The zero-order chi connectivity index (χ0) is 32.5. The van der Waals surface area contributed by atoms with Gasteiger partial charge in [-0.3, -0.25) is 0 Å². The van der Waals surface area contributed by atoms with Gasteiger partial charge in [0.15, 0.2) is 0 Å². The van der Waals surface area contributed by atoms with E-state index in [2.05, 4.69) is 112 Å². The van der Waals surface area contributed by atoms with Crippen LogP contribution in [0.1, 0.15) is 37.5 Å². The molecule has 8 aromatic rings. The number of aromatic nitrogens is 2. The molecule has 0 amide bonds. The van der Waals surface area contributed by atoms with Crippen LogP contribution in [0, 0.1) is 31.4 Å². The molecule has 3 nitrogen and oxygen atoms in total. The molecule has 0 aliphatic heterocycles. The molecular formula is C43H36IrN2OS-2. The minimum absolute atomic E-state index is 0. The maximum Gasteiger partial charge on any atom is 0.138 e. The Morgan fingerprint density at radius 2 is 1.54 bits per heavy atom. The summed E-state index contributed by atoms with van der Waals surface area (Å²) in [5.74, 6) is 0. The van der Waals surface area contributed by atoms with Crippen LogP contribution in [0.15, 0.2) is 119 Å². The first-order valence-electron chi connectivity index (χ1n) is 15.9. The van der Waals surface area contributed by atoms with Gasteiger partial charge in [-0.1, -0.05) is 80.3 Å². The molecule has 4 aromatic carbocycles. The van der Waals surface area contributed by atoms with Gasteiger partial charge in [-0.15, -0.1) is 65.4 Å². The first kappa shape index (κ1) is 33.5. The van der Waals surface area contributed by atoms with Crippen LogP contribution >= 0.6 is 11.3 Å². The maximum absolute atomic E-state index is 6.55. The average molecular weight is 821 g/mol. The minimum atomic E-state index is 0. The number of aryl methyl sites for hydroxylation is 2. The fourth-order valence-corrected chi connectivity index (χ4v) is 7.18. The van der Waals surface area contributed by atoms with Crippen molar-refractivity contribution < 1.29 is 24.5 Å². The molecular weight excluding hydrogens is 785 g/mol. The molecule has 0 bridgehead atoms. The van der Waals surface area contributed by atoms with Gasteiger partial charge in [-0.2, -0.15) is 0 Å². The summed E-state index contributed by atoms with van der Waals surface area (Å²) in [6, 6.07) is 39.6. The number of furan rings is 1. The molecule has 1 radical (unpaired) electrons. The fourth-order valence-electron chi connectivity index (χ4n) is 6.29. The third kappa shape index (κ3) is 6.77. The quantitative estimate of drug-likeness (QED) is 0.166. The van der Waals surface area contributed by atoms with Crippen molar-refractivity contribution in [2.45, 2.75) is 41.0 Å². The van der Waals surface area contributed by atoms with Crippen molar-refractivity contribution in [3.8, 4) is 33.6 Å². The molecule has 0 fully saturated rings. The van der Waals surface area contributed by atoms with E-state index in [1.807, 2.05) is 48.5 Å². The van der Waals surface area contributed by atoms with Gasteiger partial charge in [0.05, 0.1) is 10.3 Å². The number of fused-ring (bicyclic) bond motifs is 5. The Morgan fingerprint density at radius 1 is 0.750 bits per heavy atom. The Balaban J connectivity index is 0.000000260. The predicted octanol–water partition coefficient (Wildman–Crippen LogP) is 12.1. The summed E-state index contributed by atoms with van der Waals surface area (Å²) in [4.78, 5) is 9.18. The van der Waals surface area contributed by atoms with E-state index in [1.165, 1.54) is 37.9 Å². The molecule has 4 aromatic heterocycles. The van der Waals surface area contributed by atoms with Crippen molar-refractivity contribution in [3.63, 3.8) is 0 Å². The van der Waals surface area contributed by atoms with Crippen LogP contribution in [0.2, 0.25) is 0 Å². The van der Waals surface area contributed by atoms with Gasteiger partial charge in [0.2, 0.25) is 0 Å². The number of rotatable bonds is 4. The first-order valence-corrected chi connectivity index (χ1v) is 16.8. The largest absolute Gasteiger partial charge is 0.499 e. The standard InChI is InChI=1S/C32H28NOS.C11H8N.Ir/c1-19-8-6-9-20(2)28(19)26-16-27(33-18-22(26)17-32(3,4)5)25-11-7-10-23-24-13-12-21-14-15-35-31(21)30(24)34-29(23)25;1-2-6-10(7-3-1)11-8-4-5-9-12-11;/h6-10,12-16,18H,17H2,1-5H3;1-6,8-9H;/q2*-1;. The summed E-state index contributed by atoms with van der Waals surface area (Å²) in [6.07, 6.45) is 4.81. The first-order chi connectivity index (χ1) is 22.8. The van der Waals surface area contributed by atoms with E-state index in [9.17, 15) is 0 Å². The van der Waals surface area contributed by atoms with E-state index in [4.69, 9.17) is 9.40 Å². The van der Waals surface area contributed by atoms with Crippen LogP contribution in [0.4, 0.5) is 0 Å². The molecule has 48 heavy (non-hydrogen) atoms. The normalized spacial score (nSPS) is 11.4. The van der Waals surface area contributed by atoms with Crippen LogP contribution in [-0.2, 0) is 26.5 Å². The molecule has 0 atom stereocenters. The fraction of sp³-hybridized carbons (Fsp3) is 0.163. The SMILES string of the molecule is Cc1cccc(C)c1-c1cc(-c2[c-]ccc3c2oc2c3ccc3ccsc32)ncc1CC(C)(C)C.[Ir].[c-]1ccccc1-c1ccccn1. The summed E-state index contributed by atoms with van der Waals surface area (Å²) in [5.41, 5.74) is 12.2. The van der Waals surface area contributed by atoms with Crippen molar-refractivity contribution in [2.24, 2.45) is 5.41 Å². The van der Waals surface area contributed by atoms with Crippen LogP contribution in [0.3, 0.4) is 0 Å². The van der Waals surface area contributed by atoms with Crippen LogP contribution in [-0.4, -0.2) is 9.97 Å². The van der Waals surface area contributed by atoms with Gasteiger partial charge in [0.1, 0.15) is 5.58 Å². The molecule has 241 valence electrons. The zero-order valence-electron chi connectivity index (χ0n) is 27.7. The Hall–Kier alpha value is -4.41. The second-order valence-electron chi connectivity index (χ2n) is 13.2. The van der Waals surface area contributed by atoms with E-state index >= 15 is 0 Å². The molecule has 0 saturated carbocycles. The number of benzene rings is 4. The summed E-state index contributed by atoms with van der Waals surface area (Å²) >= 11 is 1.72. The Bertz CT molecular complexity index is 2280. The van der Waals surface area contributed by atoms with Crippen LogP contribution < -0.4 is 0 Å². The summed E-state index contributed by atoms with van der Waals surface area (Å²) in [6.45, 7) is 11.2. The van der Waals surface area contributed by atoms with Crippen molar-refractivity contribution in [1.29, 1.82) is 0 Å². The predicted molar refractivity (Wildman–Crippen MR) is 198 cm³/mol. The third-order valence-electron chi connectivity index (χ3n) is 8.38. The number of pyridine rings is 2. The molecule has 0 aliphatic rings. The van der Waals surface area contributed by atoms with E-state index in [1.54, 1.807) is 17.5 Å². The Kier molecular flexibility index (Phi) is 9.75. The van der Waals surface area contributed by atoms with Crippen LogP contribution in [0.5, 0.6) is 0 Å². The molecule has 0 unspecified atom stereocenters. The van der Waals surface area contributed by atoms with E-state index < -0.39 is 0 Å². The molecule has 0 spiro atoms. The monoisotopic (exact) mass is 821 g/mol. The Labute approximate surface area is 300 Å². The molecule has 0 saturated heterocycles.